The second kappa shape index (κ2) is 22.0. The fourth-order valence-corrected chi connectivity index (χ4v) is 4.92. The summed E-state index contributed by atoms with van der Waals surface area (Å²) in [7, 11) is 0. The molecule has 52 heavy (non-hydrogen) atoms. The highest BCUT2D eigenvalue weighted by atomic mass is 19.1. The molecular weight excluding hydrogens is 673 g/mol. The maximum absolute atomic E-state index is 13.8. The van der Waals surface area contributed by atoms with E-state index in [-0.39, 0.29) is 56.6 Å². The van der Waals surface area contributed by atoms with Gasteiger partial charge < -0.3 is 49.9 Å². The minimum Gasteiger partial charge on any atom is -0.370 e. The van der Waals surface area contributed by atoms with E-state index in [9.17, 15) is 28.4 Å². The van der Waals surface area contributed by atoms with Crippen LogP contribution in [0.3, 0.4) is 0 Å². The third kappa shape index (κ3) is 16.6. The molecule has 0 radical (unpaired) electrons. The molecule has 0 fully saturated rings. The molecule has 16 nitrogen and oxygen atoms in total. The third-order valence-electron chi connectivity index (χ3n) is 7.50. The molecule has 0 spiro atoms. The SMILES string of the molecule is CC(C)C[C@H](NC(=O)[C@H](CCN=C(N)N)NC(=O)[C@H](Cc1ccc(F)cc1)NC(=O)/C=C/c1ccccc1)C(=O)N[C@@H](CCCN=C(N)N)C(N)=O. The van der Waals surface area contributed by atoms with E-state index in [1.54, 1.807) is 30.3 Å². The number of carbonyl (C=O) groups is 5. The lowest BCUT2D eigenvalue weighted by Crippen LogP contribution is -2.58. The first-order chi connectivity index (χ1) is 24.6. The summed E-state index contributed by atoms with van der Waals surface area (Å²) in [5.41, 5.74) is 28.4. The number of hydrogen-bond acceptors (Lipinski definition) is 7. The second-order valence-electron chi connectivity index (χ2n) is 12.4. The molecule has 5 amide bonds. The first-order valence-electron chi connectivity index (χ1n) is 16.7. The van der Waals surface area contributed by atoms with Crippen molar-refractivity contribution in [1.82, 2.24) is 21.3 Å². The van der Waals surface area contributed by atoms with Gasteiger partial charge in [-0.2, -0.15) is 0 Å². The number of nitrogens with two attached hydrogens (primary N) is 5. The van der Waals surface area contributed by atoms with E-state index in [4.69, 9.17) is 28.7 Å². The Bertz CT molecular complexity index is 1580. The zero-order valence-electron chi connectivity index (χ0n) is 29.4. The molecule has 0 bridgehead atoms. The van der Waals surface area contributed by atoms with Crippen molar-refractivity contribution in [2.75, 3.05) is 13.1 Å². The topological polar surface area (TPSA) is 288 Å². The van der Waals surface area contributed by atoms with Gasteiger partial charge in [-0.25, -0.2) is 4.39 Å². The van der Waals surface area contributed by atoms with Gasteiger partial charge >= 0.3 is 0 Å². The average Bonchev–Trinajstić information content (AvgIpc) is 3.08. The van der Waals surface area contributed by atoms with Crippen molar-refractivity contribution in [3.05, 3.63) is 77.6 Å². The Balaban J connectivity index is 2.31. The normalized spacial score (nSPS) is 13.2. The summed E-state index contributed by atoms with van der Waals surface area (Å²) in [4.78, 5) is 73.8. The standard InChI is InChI=1S/C35H50FN11O5/c1-21(2)19-27(32(51)45-25(30(37)49)9-6-17-42-34(38)39)47-31(50)26(16-18-43-35(40)41)46-33(52)28(20-23-10-13-24(36)14-11-23)44-29(48)15-12-22-7-4-3-5-8-22/h3-5,7-8,10-15,21,25-28H,6,9,16-20H2,1-2H3,(H2,37,49)(H,44,48)(H,45,51)(H,46,52)(H,47,50)(H4,38,39,42)(H4,40,41,43)/b15-12+/t25-,26-,27-,28-/m0/s1. The van der Waals surface area contributed by atoms with Crippen LogP contribution >= 0.6 is 0 Å². The van der Waals surface area contributed by atoms with Crippen LogP contribution in [-0.4, -0.2) is 78.7 Å². The number of primary amides is 1. The molecule has 2 rings (SSSR count). The summed E-state index contributed by atoms with van der Waals surface area (Å²) in [6.07, 6.45) is 3.34. The number of amides is 5. The van der Waals surface area contributed by atoms with Crippen molar-refractivity contribution < 1.29 is 28.4 Å². The maximum atomic E-state index is 13.8. The van der Waals surface area contributed by atoms with Gasteiger partial charge in [-0.05, 0) is 60.9 Å². The van der Waals surface area contributed by atoms with Gasteiger partial charge in [-0.1, -0.05) is 56.3 Å². The number of nitrogens with one attached hydrogen (secondary N) is 4. The molecule has 2 aromatic carbocycles. The van der Waals surface area contributed by atoms with Gasteiger partial charge in [0.25, 0.3) is 0 Å². The van der Waals surface area contributed by atoms with Crippen LogP contribution in [0.25, 0.3) is 6.08 Å². The number of guanidine groups is 2. The van der Waals surface area contributed by atoms with Crippen molar-refractivity contribution >= 4 is 47.5 Å². The molecule has 0 aromatic heterocycles. The van der Waals surface area contributed by atoms with Crippen molar-refractivity contribution in [3.8, 4) is 0 Å². The molecule has 0 saturated carbocycles. The minimum atomic E-state index is -1.28. The Hall–Kier alpha value is -6.00. The Kier molecular flexibility index (Phi) is 17.8. The Morgan fingerprint density at radius 1 is 0.692 bits per heavy atom. The summed E-state index contributed by atoms with van der Waals surface area (Å²) in [6, 6.07) is 9.72. The predicted octanol–water partition coefficient (Wildman–Crippen LogP) is -0.731. The number of hydrogen-bond donors (Lipinski definition) is 9. The first kappa shape index (κ1) is 42.2. The van der Waals surface area contributed by atoms with Crippen LogP contribution in [0.4, 0.5) is 4.39 Å². The van der Waals surface area contributed by atoms with Crippen molar-refractivity contribution in [3.63, 3.8) is 0 Å². The third-order valence-corrected chi connectivity index (χ3v) is 7.50. The maximum Gasteiger partial charge on any atom is 0.244 e. The molecule has 0 saturated heterocycles. The van der Waals surface area contributed by atoms with Gasteiger partial charge in [0, 0.05) is 25.6 Å². The highest BCUT2D eigenvalue weighted by Gasteiger charge is 2.31. The van der Waals surface area contributed by atoms with Crippen molar-refractivity contribution in [2.24, 2.45) is 44.6 Å². The molecule has 0 aliphatic rings. The van der Waals surface area contributed by atoms with Crippen LogP contribution in [0.15, 0.2) is 70.7 Å². The van der Waals surface area contributed by atoms with Crippen molar-refractivity contribution in [2.45, 2.75) is 70.1 Å². The van der Waals surface area contributed by atoms with Crippen molar-refractivity contribution in [1.29, 1.82) is 0 Å². The largest absolute Gasteiger partial charge is 0.370 e. The minimum absolute atomic E-state index is 0.0463. The highest BCUT2D eigenvalue weighted by Crippen LogP contribution is 2.10. The molecule has 282 valence electrons. The molecular formula is C35H50FN11O5. The average molecular weight is 724 g/mol. The van der Waals surface area contributed by atoms with Gasteiger partial charge in [-0.15, -0.1) is 0 Å². The summed E-state index contributed by atoms with van der Waals surface area (Å²) < 4.78 is 13.6. The lowest BCUT2D eigenvalue weighted by Gasteiger charge is -2.27. The number of carbonyl (C=O) groups excluding carboxylic acids is 5. The van der Waals surface area contributed by atoms with E-state index in [1.807, 2.05) is 19.9 Å². The second-order valence-corrected chi connectivity index (χ2v) is 12.4. The Labute approximate surface area is 302 Å². The first-order valence-corrected chi connectivity index (χ1v) is 16.7. The van der Waals surface area contributed by atoms with Crippen LogP contribution in [0, 0.1) is 11.7 Å². The Morgan fingerprint density at radius 2 is 1.25 bits per heavy atom. The monoisotopic (exact) mass is 723 g/mol. The number of benzene rings is 2. The molecule has 4 atom stereocenters. The number of aliphatic imine (C=N–C) groups is 2. The summed E-state index contributed by atoms with van der Waals surface area (Å²) in [6.45, 7) is 3.80. The fourth-order valence-electron chi connectivity index (χ4n) is 4.92. The van der Waals surface area contributed by atoms with E-state index in [1.165, 1.54) is 30.3 Å². The van der Waals surface area contributed by atoms with Crippen LogP contribution < -0.4 is 49.9 Å². The number of rotatable bonds is 21. The van der Waals surface area contributed by atoms with E-state index < -0.39 is 59.5 Å². The van der Waals surface area contributed by atoms with E-state index in [0.29, 0.717) is 12.0 Å². The van der Waals surface area contributed by atoms with E-state index in [0.717, 1.165) is 5.56 Å². The summed E-state index contributed by atoms with van der Waals surface area (Å²) in [5.74, 6) is -4.48. The van der Waals surface area contributed by atoms with Crippen LogP contribution in [0.5, 0.6) is 0 Å². The molecule has 0 aliphatic carbocycles. The predicted molar refractivity (Wildman–Crippen MR) is 197 cm³/mol. The summed E-state index contributed by atoms with van der Waals surface area (Å²) >= 11 is 0. The zero-order valence-corrected chi connectivity index (χ0v) is 29.4. The van der Waals surface area contributed by atoms with Gasteiger partial charge in [0.1, 0.15) is 30.0 Å². The molecule has 0 unspecified atom stereocenters. The quantitative estimate of drug-likeness (QED) is 0.0339. The van der Waals surface area contributed by atoms with Gasteiger partial charge in [0.2, 0.25) is 29.5 Å². The fraction of sp³-hybridized carbons (Fsp3) is 0.400. The van der Waals surface area contributed by atoms with Crippen LogP contribution in [0.2, 0.25) is 0 Å². The van der Waals surface area contributed by atoms with Gasteiger partial charge in [0.15, 0.2) is 11.9 Å². The number of nitrogens with zero attached hydrogens (tertiary/aromatic N) is 2. The molecule has 17 heteroatoms. The molecule has 0 heterocycles. The number of halogens is 1. The van der Waals surface area contributed by atoms with Gasteiger partial charge in [0.05, 0.1) is 0 Å². The van der Waals surface area contributed by atoms with Crippen LogP contribution in [-0.2, 0) is 30.4 Å². The summed E-state index contributed by atoms with van der Waals surface area (Å²) in [5, 5.41) is 10.6. The molecule has 0 aliphatic heterocycles. The molecule has 14 N–H and O–H groups in total. The van der Waals surface area contributed by atoms with E-state index >= 15 is 0 Å². The van der Waals surface area contributed by atoms with Crippen LogP contribution in [0.1, 0.15) is 50.7 Å². The molecule has 2 aromatic rings. The lowest BCUT2D eigenvalue weighted by atomic mass is 10.0. The van der Waals surface area contributed by atoms with Gasteiger partial charge in [-0.3, -0.25) is 34.0 Å². The Morgan fingerprint density at radius 3 is 1.85 bits per heavy atom. The zero-order chi connectivity index (χ0) is 38.6. The van der Waals surface area contributed by atoms with E-state index in [2.05, 4.69) is 31.3 Å². The highest BCUT2D eigenvalue weighted by molar-refractivity contribution is 5.98. The smallest absolute Gasteiger partial charge is 0.244 e. The lowest BCUT2D eigenvalue weighted by molar-refractivity contribution is -0.134.